The average Bonchev–Trinajstić information content (AvgIpc) is 3.10. The molecule has 1 aromatic rings. The lowest BCUT2D eigenvalue weighted by atomic mass is 10.1. The molecule has 23 heavy (non-hydrogen) atoms. The van der Waals surface area contributed by atoms with Crippen LogP contribution in [-0.2, 0) is 16.1 Å². The molecule has 2 heterocycles. The molecule has 7 heteroatoms. The second kappa shape index (κ2) is 5.79. The topological polar surface area (TPSA) is 32.8 Å². The molecule has 0 N–H and O–H groups in total. The predicted octanol–water partition coefficient (Wildman–Crippen LogP) is 3.40. The van der Waals surface area contributed by atoms with Gasteiger partial charge in [0.1, 0.15) is 0 Å². The van der Waals surface area contributed by atoms with Crippen molar-refractivity contribution in [1.82, 2.24) is 4.90 Å². The maximum absolute atomic E-state index is 12.6. The summed E-state index contributed by atoms with van der Waals surface area (Å²) in [5.41, 5.74) is 1.57. The lowest BCUT2D eigenvalue weighted by Crippen LogP contribution is -2.30. The minimum absolute atomic E-state index is 0.146. The van der Waals surface area contributed by atoms with Gasteiger partial charge in [-0.15, -0.1) is 0 Å². The number of nitrogens with zero attached hydrogens (tertiary/aromatic N) is 2. The highest BCUT2D eigenvalue weighted by Gasteiger charge is 2.39. The summed E-state index contributed by atoms with van der Waals surface area (Å²) in [7, 11) is 0. The summed E-state index contributed by atoms with van der Waals surface area (Å²) in [5.74, 6) is -0.842. The van der Waals surface area contributed by atoms with Gasteiger partial charge in [-0.1, -0.05) is 12.1 Å². The fourth-order valence-electron chi connectivity index (χ4n) is 2.77. The lowest BCUT2D eigenvalue weighted by molar-refractivity contribution is -0.129. The maximum atomic E-state index is 12.6. The molecule has 1 aromatic carbocycles. The van der Waals surface area contributed by atoms with Crippen LogP contribution in [0.5, 0.6) is 0 Å². The highest BCUT2D eigenvalue weighted by atomic mass is 19.4. The molecule has 1 saturated heterocycles. The van der Waals surface area contributed by atoms with E-state index in [-0.39, 0.29) is 18.7 Å². The van der Waals surface area contributed by atoms with Gasteiger partial charge in [0.05, 0.1) is 6.20 Å². The van der Waals surface area contributed by atoms with E-state index < -0.39 is 11.9 Å². The first-order valence-electron chi connectivity index (χ1n) is 7.41. The summed E-state index contributed by atoms with van der Waals surface area (Å²) in [6, 6.07) is 7.35. The van der Waals surface area contributed by atoms with Crippen molar-refractivity contribution in [3.63, 3.8) is 0 Å². The largest absolute Gasteiger partial charge is 0.466 e. The van der Waals surface area contributed by atoms with Gasteiger partial charge in [-0.2, -0.15) is 13.2 Å². The molecule has 0 spiro atoms. The second-order valence-electron chi connectivity index (χ2n) is 5.81. The Bertz CT molecular complexity index is 625. The van der Waals surface area contributed by atoms with E-state index in [1.165, 1.54) is 4.90 Å². The summed E-state index contributed by atoms with van der Waals surface area (Å²) in [6.07, 6.45) is -2.07. The number of amides is 1. The van der Waals surface area contributed by atoms with Gasteiger partial charge in [-0.05, 0) is 31.0 Å². The Kier molecular flexibility index (Phi) is 3.95. The third-order valence-electron chi connectivity index (χ3n) is 4.16. The van der Waals surface area contributed by atoms with Crippen LogP contribution >= 0.6 is 0 Å². The van der Waals surface area contributed by atoms with Gasteiger partial charge in [0.2, 0.25) is 11.7 Å². The Morgan fingerprint density at radius 2 is 1.96 bits per heavy atom. The first kappa shape index (κ1) is 15.7. The minimum Gasteiger partial charge on any atom is -0.466 e. The molecule has 2 aliphatic rings. The highest BCUT2D eigenvalue weighted by Crippen LogP contribution is 2.32. The van der Waals surface area contributed by atoms with Crippen LogP contribution in [-0.4, -0.2) is 29.8 Å². The van der Waals surface area contributed by atoms with Crippen molar-refractivity contribution < 1.29 is 22.7 Å². The molecule has 0 aromatic heterocycles. The fraction of sp³-hybridized carbons (Fsp3) is 0.438. The van der Waals surface area contributed by atoms with E-state index in [0.717, 1.165) is 18.2 Å². The number of hydrogen-bond acceptors (Lipinski definition) is 3. The Hall–Kier alpha value is -2.18. The van der Waals surface area contributed by atoms with E-state index in [1.54, 1.807) is 12.1 Å². The first-order chi connectivity index (χ1) is 10.8. The van der Waals surface area contributed by atoms with E-state index in [9.17, 15) is 18.0 Å². The smallest absolute Gasteiger partial charge is 0.450 e. The summed E-state index contributed by atoms with van der Waals surface area (Å²) in [4.78, 5) is 15.0. The van der Waals surface area contributed by atoms with Crippen molar-refractivity contribution in [3.05, 3.63) is 41.8 Å². The van der Waals surface area contributed by atoms with Crippen LogP contribution in [0.25, 0.3) is 0 Å². The summed E-state index contributed by atoms with van der Waals surface area (Å²) in [5, 5.41) is 0. The molecule has 0 bridgehead atoms. The zero-order chi connectivity index (χ0) is 16.6. The normalized spacial score (nSPS) is 21.7. The second-order valence-corrected chi connectivity index (χ2v) is 5.81. The van der Waals surface area contributed by atoms with Crippen molar-refractivity contribution in [1.29, 1.82) is 0 Å². The monoisotopic (exact) mass is 326 g/mol. The number of benzene rings is 1. The number of anilines is 1. The molecule has 4 nitrogen and oxygen atoms in total. The third kappa shape index (κ3) is 3.28. The van der Waals surface area contributed by atoms with E-state index in [2.05, 4.69) is 4.74 Å². The zero-order valence-corrected chi connectivity index (χ0v) is 12.6. The van der Waals surface area contributed by atoms with Crippen LogP contribution in [0.15, 0.2) is 36.2 Å². The number of halogens is 3. The molecule has 3 rings (SSSR count). The van der Waals surface area contributed by atoms with Gasteiger partial charge >= 0.3 is 6.18 Å². The summed E-state index contributed by atoms with van der Waals surface area (Å²) >= 11 is 0. The number of rotatable bonds is 3. The number of alkyl halides is 3. The molecule has 1 amide bonds. The van der Waals surface area contributed by atoms with Crippen LogP contribution in [0.2, 0.25) is 0 Å². The van der Waals surface area contributed by atoms with Crippen molar-refractivity contribution in [2.24, 2.45) is 0 Å². The Labute approximate surface area is 132 Å². The molecular formula is C16H17F3N2O2. The molecule has 0 aliphatic carbocycles. The van der Waals surface area contributed by atoms with Gasteiger partial charge in [0.15, 0.2) is 6.73 Å². The van der Waals surface area contributed by atoms with Crippen LogP contribution in [0, 0.1) is 0 Å². The summed E-state index contributed by atoms with van der Waals surface area (Å²) in [6.45, 7) is 2.39. The number of likely N-dealkylation sites (tertiary alicyclic amines) is 1. The average molecular weight is 326 g/mol. The minimum atomic E-state index is -4.47. The number of hydrogen-bond donors (Lipinski definition) is 0. The fourth-order valence-corrected chi connectivity index (χ4v) is 2.77. The van der Waals surface area contributed by atoms with E-state index >= 15 is 0 Å². The SMILES string of the molecule is CC1CCC(=O)N1Cc1ccc(N2C=C(C(F)(F)F)OC2)cc1. The summed E-state index contributed by atoms with van der Waals surface area (Å²) < 4.78 is 42.3. The van der Waals surface area contributed by atoms with Crippen LogP contribution in [0.1, 0.15) is 25.3 Å². The van der Waals surface area contributed by atoms with E-state index in [1.807, 2.05) is 24.0 Å². The molecule has 1 atom stereocenters. The predicted molar refractivity (Wildman–Crippen MR) is 78.3 cm³/mol. The molecule has 1 fully saturated rings. The third-order valence-corrected chi connectivity index (χ3v) is 4.16. The molecule has 0 saturated carbocycles. The van der Waals surface area contributed by atoms with Crippen molar-refractivity contribution in [2.75, 3.05) is 11.6 Å². The van der Waals surface area contributed by atoms with Crippen molar-refractivity contribution in [2.45, 2.75) is 38.5 Å². The molecular weight excluding hydrogens is 309 g/mol. The van der Waals surface area contributed by atoms with Crippen molar-refractivity contribution in [3.8, 4) is 0 Å². The zero-order valence-electron chi connectivity index (χ0n) is 12.6. The molecule has 0 radical (unpaired) electrons. The Morgan fingerprint density at radius 3 is 2.48 bits per heavy atom. The van der Waals surface area contributed by atoms with Gasteiger partial charge in [-0.25, -0.2) is 0 Å². The molecule has 2 aliphatic heterocycles. The number of carbonyl (C=O) groups excluding carboxylic acids is 1. The maximum Gasteiger partial charge on any atom is 0.450 e. The van der Waals surface area contributed by atoms with E-state index in [4.69, 9.17) is 0 Å². The van der Waals surface area contributed by atoms with Crippen LogP contribution in [0.3, 0.4) is 0 Å². The molecule has 1 unspecified atom stereocenters. The number of ether oxygens (including phenoxy) is 1. The molecule has 124 valence electrons. The Balaban J connectivity index is 1.68. The van der Waals surface area contributed by atoms with Crippen LogP contribution < -0.4 is 4.90 Å². The van der Waals surface area contributed by atoms with Gasteiger partial charge in [0, 0.05) is 24.7 Å². The van der Waals surface area contributed by atoms with Gasteiger partial charge < -0.3 is 14.5 Å². The quantitative estimate of drug-likeness (QED) is 0.853. The lowest BCUT2D eigenvalue weighted by Gasteiger charge is -2.22. The van der Waals surface area contributed by atoms with Crippen molar-refractivity contribution >= 4 is 11.6 Å². The number of carbonyl (C=O) groups is 1. The number of allylic oxidation sites excluding steroid dienone is 1. The van der Waals surface area contributed by atoms with Gasteiger partial charge in [-0.3, -0.25) is 4.79 Å². The highest BCUT2D eigenvalue weighted by molar-refractivity contribution is 5.78. The first-order valence-corrected chi connectivity index (χ1v) is 7.41. The van der Waals surface area contributed by atoms with E-state index in [0.29, 0.717) is 18.7 Å². The Morgan fingerprint density at radius 1 is 1.26 bits per heavy atom. The standard InChI is InChI=1S/C16H17F3N2O2/c1-11-2-7-15(22)21(11)8-12-3-5-13(6-4-12)20-9-14(23-10-20)16(17,18)19/h3-6,9,11H,2,7-8,10H2,1H3. The van der Waals surface area contributed by atoms with Gasteiger partial charge in [0.25, 0.3) is 0 Å². The van der Waals surface area contributed by atoms with Crippen LogP contribution in [0.4, 0.5) is 18.9 Å².